The minimum Gasteiger partial charge on any atom is -0.480 e. The SMILES string of the molecule is CCOCC[C@@H](Cc1ccc2c(c1)OCO2)OCc1ccc(C(=O)N[C@@H](CCS(C)(=O)=O)C(=O)O)c(-c2ccccc2C)c1. The molecule has 1 amide bonds. The standard InChI is InChI=1S/C33H39NO9S/c1-4-40-15-13-25(17-23-10-12-30-31(19-23)43-21-42-30)41-20-24-9-11-27(28(18-24)26-8-6-5-7-22(26)2)32(35)34-29(33(36)37)14-16-44(3,38)39/h5-12,18-19,25,29H,4,13-17,20-21H2,1-3H3,(H,34,35)(H,36,37)/t25-,29-/m0/s1. The Balaban J connectivity index is 1.56. The number of carbonyl (C=O) groups excluding carboxylic acids is 1. The van der Waals surface area contributed by atoms with Crippen molar-refractivity contribution in [3.05, 3.63) is 82.9 Å². The summed E-state index contributed by atoms with van der Waals surface area (Å²) in [5, 5.41) is 12.2. The Labute approximate surface area is 258 Å². The highest BCUT2D eigenvalue weighted by Crippen LogP contribution is 2.33. The molecule has 44 heavy (non-hydrogen) atoms. The molecule has 0 unspecified atom stereocenters. The van der Waals surface area contributed by atoms with Crippen LogP contribution in [0.2, 0.25) is 0 Å². The average molecular weight is 626 g/mol. The Hall–Kier alpha value is -3.93. The van der Waals surface area contributed by atoms with Gasteiger partial charge in [-0.1, -0.05) is 36.4 Å². The van der Waals surface area contributed by atoms with Crippen LogP contribution in [0.25, 0.3) is 11.1 Å². The maximum atomic E-state index is 13.4. The van der Waals surface area contributed by atoms with Crippen molar-refractivity contribution in [1.29, 1.82) is 0 Å². The quantitative estimate of drug-likeness (QED) is 0.220. The molecule has 3 aromatic carbocycles. The zero-order valence-electron chi connectivity index (χ0n) is 25.2. The monoisotopic (exact) mass is 625 g/mol. The third kappa shape index (κ3) is 9.28. The number of aryl methyl sites for hydroxylation is 1. The number of fused-ring (bicyclic) bond motifs is 1. The summed E-state index contributed by atoms with van der Waals surface area (Å²) in [6.45, 7) is 5.51. The topological polar surface area (TPSA) is 137 Å². The number of carbonyl (C=O) groups is 2. The van der Waals surface area contributed by atoms with Crippen molar-refractivity contribution >= 4 is 21.7 Å². The second-order valence-corrected chi connectivity index (χ2v) is 13.0. The minimum absolute atomic E-state index is 0.155. The zero-order valence-corrected chi connectivity index (χ0v) is 26.0. The van der Waals surface area contributed by atoms with Crippen LogP contribution in [0, 0.1) is 6.92 Å². The predicted molar refractivity (Wildman–Crippen MR) is 166 cm³/mol. The van der Waals surface area contributed by atoms with Gasteiger partial charge in [0.05, 0.1) is 18.5 Å². The molecule has 0 aromatic heterocycles. The van der Waals surface area contributed by atoms with E-state index in [2.05, 4.69) is 5.32 Å². The first-order chi connectivity index (χ1) is 21.0. The first kappa shape index (κ1) is 33.0. The summed E-state index contributed by atoms with van der Waals surface area (Å²) in [6.07, 6.45) is 1.95. The van der Waals surface area contributed by atoms with Gasteiger partial charge in [0.15, 0.2) is 11.5 Å². The molecule has 1 aliphatic heterocycles. The first-order valence-electron chi connectivity index (χ1n) is 14.5. The highest BCUT2D eigenvalue weighted by atomic mass is 32.2. The molecule has 1 aliphatic rings. The van der Waals surface area contributed by atoms with Crippen LogP contribution in [-0.4, -0.2) is 69.6 Å². The summed E-state index contributed by atoms with van der Waals surface area (Å²) in [4.78, 5) is 25.2. The van der Waals surface area contributed by atoms with Gasteiger partial charge >= 0.3 is 5.97 Å². The van der Waals surface area contributed by atoms with E-state index in [1.165, 1.54) is 0 Å². The number of amides is 1. The number of hydrogen-bond acceptors (Lipinski definition) is 8. The number of carboxylic acid groups (broad SMARTS) is 1. The van der Waals surface area contributed by atoms with E-state index in [1.54, 1.807) is 12.1 Å². The molecule has 0 bridgehead atoms. The molecule has 0 saturated carbocycles. The molecule has 2 N–H and O–H groups in total. The maximum Gasteiger partial charge on any atom is 0.326 e. The van der Waals surface area contributed by atoms with Gasteiger partial charge in [0.25, 0.3) is 5.91 Å². The number of aliphatic carboxylic acids is 1. The molecule has 0 spiro atoms. The second kappa shape index (κ2) is 15.2. The number of rotatable bonds is 16. The van der Waals surface area contributed by atoms with Crippen LogP contribution in [0.1, 0.15) is 46.8 Å². The van der Waals surface area contributed by atoms with E-state index in [4.69, 9.17) is 18.9 Å². The van der Waals surface area contributed by atoms with Gasteiger partial charge in [-0.3, -0.25) is 4.79 Å². The van der Waals surface area contributed by atoms with E-state index >= 15 is 0 Å². The van der Waals surface area contributed by atoms with Crippen LogP contribution in [0.3, 0.4) is 0 Å². The van der Waals surface area contributed by atoms with Crippen molar-refractivity contribution in [3.8, 4) is 22.6 Å². The van der Waals surface area contributed by atoms with E-state index in [0.717, 1.165) is 34.3 Å². The van der Waals surface area contributed by atoms with E-state index < -0.39 is 27.8 Å². The molecule has 0 fully saturated rings. The Kier molecular flexibility index (Phi) is 11.4. The Morgan fingerprint density at radius 1 is 0.977 bits per heavy atom. The maximum absolute atomic E-state index is 13.4. The fourth-order valence-electron chi connectivity index (χ4n) is 4.95. The van der Waals surface area contributed by atoms with Crippen LogP contribution in [0.15, 0.2) is 60.7 Å². The molecule has 10 nitrogen and oxygen atoms in total. The highest BCUT2D eigenvalue weighted by Gasteiger charge is 2.24. The smallest absolute Gasteiger partial charge is 0.326 e. The number of benzene rings is 3. The lowest BCUT2D eigenvalue weighted by Crippen LogP contribution is -2.42. The molecule has 4 rings (SSSR count). The predicted octanol–water partition coefficient (Wildman–Crippen LogP) is 4.56. The average Bonchev–Trinajstić information content (AvgIpc) is 3.45. The summed E-state index contributed by atoms with van der Waals surface area (Å²) in [6, 6.07) is 17.4. The number of sulfone groups is 1. The van der Waals surface area contributed by atoms with Gasteiger partial charge in [0, 0.05) is 25.0 Å². The van der Waals surface area contributed by atoms with Crippen molar-refractivity contribution in [1.82, 2.24) is 5.32 Å². The summed E-state index contributed by atoms with van der Waals surface area (Å²) in [5.74, 6) is -0.830. The van der Waals surface area contributed by atoms with Gasteiger partial charge in [0.2, 0.25) is 6.79 Å². The number of ether oxygens (including phenoxy) is 4. The summed E-state index contributed by atoms with van der Waals surface area (Å²) in [5.41, 5.74) is 4.53. The van der Waals surface area contributed by atoms with Crippen molar-refractivity contribution in [2.75, 3.05) is 32.0 Å². The molecule has 2 atom stereocenters. The van der Waals surface area contributed by atoms with Crippen molar-refractivity contribution < 1.29 is 42.1 Å². The Morgan fingerprint density at radius 3 is 2.45 bits per heavy atom. The minimum atomic E-state index is -3.41. The van der Waals surface area contributed by atoms with Crippen molar-refractivity contribution in [2.24, 2.45) is 0 Å². The first-order valence-corrected chi connectivity index (χ1v) is 16.6. The number of hydrogen-bond donors (Lipinski definition) is 2. The zero-order chi connectivity index (χ0) is 31.7. The Morgan fingerprint density at radius 2 is 1.73 bits per heavy atom. The normalized spacial score (nSPS) is 13.8. The van der Waals surface area contributed by atoms with Crippen LogP contribution < -0.4 is 14.8 Å². The lowest BCUT2D eigenvalue weighted by molar-refractivity contribution is -0.139. The molecule has 0 aliphatic carbocycles. The molecular formula is C33H39NO9S. The lowest BCUT2D eigenvalue weighted by atomic mass is 9.93. The second-order valence-electron chi connectivity index (χ2n) is 10.8. The van der Waals surface area contributed by atoms with Crippen LogP contribution in [0.5, 0.6) is 11.5 Å². The van der Waals surface area contributed by atoms with Gasteiger partial charge < -0.3 is 29.4 Å². The third-order valence-corrected chi connectivity index (χ3v) is 8.30. The van der Waals surface area contributed by atoms with Gasteiger partial charge in [-0.25, -0.2) is 13.2 Å². The van der Waals surface area contributed by atoms with E-state index in [1.807, 2.05) is 62.4 Å². The van der Waals surface area contributed by atoms with E-state index in [0.29, 0.717) is 37.4 Å². The van der Waals surface area contributed by atoms with Gasteiger partial charge in [0.1, 0.15) is 15.9 Å². The summed E-state index contributed by atoms with van der Waals surface area (Å²) < 4.78 is 46.2. The number of nitrogens with one attached hydrogen (secondary N) is 1. The molecule has 3 aromatic rings. The van der Waals surface area contributed by atoms with Gasteiger partial charge in [-0.15, -0.1) is 0 Å². The van der Waals surface area contributed by atoms with E-state index in [-0.39, 0.29) is 37.2 Å². The van der Waals surface area contributed by atoms with Crippen LogP contribution >= 0.6 is 0 Å². The fraction of sp³-hybridized carbons (Fsp3) is 0.394. The van der Waals surface area contributed by atoms with Crippen LogP contribution in [-0.2, 0) is 37.1 Å². The van der Waals surface area contributed by atoms with Gasteiger partial charge in [-0.05, 0) is 85.2 Å². The third-order valence-electron chi connectivity index (χ3n) is 7.32. The van der Waals surface area contributed by atoms with Crippen molar-refractivity contribution in [2.45, 2.75) is 51.9 Å². The molecule has 236 valence electrons. The van der Waals surface area contributed by atoms with E-state index in [9.17, 15) is 23.1 Å². The van der Waals surface area contributed by atoms with Crippen molar-refractivity contribution in [3.63, 3.8) is 0 Å². The Bertz CT molecular complexity index is 1570. The molecule has 0 saturated heterocycles. The highest BCUT2D eigenvalue weighted by molar-refractivity contribution is 7.90. The molecule has 1 heterocycles. The molecule has 11 heteroatoms. The summed E-state index contributed by atoms with van der Waals surface area (Å²) >= 11 is 0. The van der Waals surface area contributed by atoms with Gasteiger partial charge in [-0.2, -0.15) is 0 Å². The molecule has 0 radical (unpaired) electrons. The van der Waals surface area contributed by atoms with Crippen LogP contribution in [0.4, 0.5) is 0 Å². The fourth-order valence-corrected chi connectivity index (χ4v) is 5.61. The largest absolute Gasteiger partial charge is 0.480 e. The summed E-state index contributed by atoms with van der Waals surface area (Å²) in [7, 11) is -3.41. The lowest BCUT2D eigenvalue weighted by Gasteiger charge is -2.20. The number of carboxylic acids is 1. The molecular weight excluding hydrogens is 586 g/mol.